The van der Waals surface area contributed by atoms with Crippen LogP contribution >= 0.6 is 11.3 Å². The largest absolute Gasteiger partial charge is 1.00 e. The molecule has 2 rings (SSSR count). The van der Waals surface area contributed by atoms with Gasteiger partial charge in [0.15, 0.2) is 9.84 Å². The first-order chi connectivity index (χ1) is 8.55. The summed E-state index contributed by atoms with van der Waals surface area (Å²) in [7, 11) is -3.57. The Morgan fingerprint density at radius 1 is 1.21 bits per heavy atom. The summed E-state index contributed by atoms with van der Waals surface area (Å²) in [5, 5.41) is 1.03. The lowest BCUT2D eigenvalue weighted by atomic mass is 10.3. The maximum atomic E-state index is 12.8. The van der Waals surface area contributed by atoms with Gasteiger partial charge in [0.1, 0.15) is 11.1 Å². The summed E-state index contributed by atoms with van der Waals surface area (Å²) in [6, 6.07) is 8.32. The van der Waals surface area contributed by atoms with E-state index in [4.69, 9.17) is 5.73 Å². The Labute approximate surface area is 121 Å². The molecule has 0 radical (unpaired) electrons. The minimum absolute atomic E-state index is 0. The van der Waals surface area contributed by atoms with Crippen LogP contribution in [0, 0.1) is 5.82 Å². The topological polar surface area (TPSA) is 60.2 Å². The fourth-order valence-corrected chi connectivity index (χ4v) is 4.41. The van der Waals surface area contributed by atoms with Gasteiger partial charge in [-0.25, -0.2) is 12.8 Å². The number of rotatable bonds is 4. The summed E-state index contributed by atoms with van der Waals surface area (Å²) in [6.45, 7) is 0.000221. The van der Waals surface area contributed by atoms with Crippen LogP contribution in [0.3, 0.4) is 0 Å². The summed E-state index contributed by atoms with van der Waals surface area (Å²) >= 11 is 1.35. The van der Waals surface area contributed by atoms with E-state index in [9.17, 15) is 12.8 Å². The number of hydrogen-bond donors (Lipinski definition) is 1. The molecule has 2 aromatic rings. The lowest BCUT2D eigenvalue weighted by Crippen LogP contribution is -3.00. The Balaban J connectivity index is 0.00000180. The van der Waals surface area contributed by atoms with Crippen molar-refractivity contribution >= 4 is 21.2 Å². The van der Waals surface area contributed by atoms with Crippen molar-refractivity contribution in [2.45, 2.75) is 10.1 Å². The summed E-state index contributed by atoms with van der Waals surface area (Å²) < 4.78 is 37.6. The lowest BCUT2D eigenvalue weighted by molar-refractivity contribution is -0.00000666. The Bertz CT molecular complexity index is 612. The first kappa shape index (κ1) is 16.1. The van der Waals surface area contributed by atoms with Crippen molar-refractivity contribution in [3.63, 3.8) is 0 Å². The molecule has 7 heteroatoms. The fourth-order valence-electron chi connectivity index (χ4n) is 1.66. The monoisotopic (exact) mass is 320 g/mol. The van der Waals surface area contributed by atoms with Crippen LogP contribution in [0.2, 0.25) is 0 Å². The van der Waals surface area contributed by atoms with Crippen molar-refractivity contribution in [2.24, 2.45) is 5.73 Å². The van der Waals surface area contributed by atoms with Gasteiger partial charge in [-0.1, -0.05) is 6.07 Å². The van der Waals surface area contributed by atoms with E-state index < -0.39 is 20.9 Å². The molecule has 3 nitrogen and oxygen atoms in total. The highest BCUT2D eigenvalue weighted by atomic mass is 35.5. The van der Waals surface area contributed by atoms with Crippen molar-refractivity contribution in [3.05, 3.63) is 52.5 Å². The van der Waals surface area contributed by atoms with Gasteiger partial charge in [-0.05, 0) is 35.7 Å². The molecular weight excluding hydrogens is 309 g/mol. The third-order valence-electron chi connectivity index (χ3n) is 2.59. The van der Waals surface area contributed by atoms with Crippen LogP contribution in [0.4, 0.5) is 4.39 Å². The van der Waals surface area contributed by atoms with Gasteiger partial charge in [-0.15, -0.1) is 11.3 Å². The number of nitrogens with two attached hydrogens (primary N) is 1. The van der Waals surface area contributed by atoms with Gasteiger partial charge in [0.05, 0.1) is 4.90 Å². The molecule has 0 aliphatic rings. The summed E-state index contributed by atoms with van der Waals surface area (Å²) in [4.78, 5) is 0.787. The second-order valence-electron chi connectivity index (χ2n) is 3.74. The Morgan fingerprint density at radius 2 is 1.84 bits per heavy atom. The third kappa shape index (κ3) is 3.33. The van der Waals surface area contributed by atoms with Crippen molar-refractivity contribution in [2.75, 3.05) is 6.54 Å². The van der Waals surface area contributed by atoms with Crippen LogP contribution in [0.5, 0.6) is 0 Å². The highest BCUT2D eigenvalue weighted by Gasteiger charge is 2.28. The number of sulfone groups is 1. The molecule has 2 N–H and O–H groups in total. The van der Waals surface area contributed by atoms with Crippen LogP contribution in [0.15, 0.2) is 46.7 Å². The predicted molar refractivity (Wildman–Crippen MR) is 69.7 cm³/mol. The molecule has 1 atom stereocenters. The van der Waals surface area contributed by atoms with E-state index in [1.807, 2.05) is 0 Å². The fraction of sp³-hybridized carbons (Fsp3) is 0.167. The van der Waals surface area contributed by atoms with Crippen molar-refractivity contribution < 1.29 is 25.2 Å². The minimum atomic E-state index is -3.57. The zero-order valence-electron chi connectivity index (χ0n) is 9.79. The van der Waals surface area contributed by atoms with Crippen LogP contribution in [0.25, 0.3) is 0 Å². The Hall–Kier alpha value is -0.950. The zero-order valence-corrected chi connectivity index (χ0v) is 12.2. The highest BCUT2D eigenvalue weighted by Crippen LogP contribution is 2.30. The van der Waals surface area contributed by atoms with Gasteiger partial charge in [0, 0.05) is 11.4 Å². The van der Waals surface area contributed by atoms with E-state index >= 15 is 0 Å². The van der Waals surface area contributed by atoms with Crippen LogP contribution in [-0.2, 0) is 9.84 Å². The molecule has 19 heavy (non-hydrogen) atoms. The maximum absolute atomic E-state index is 12.8. The normalized spacial score (nSPS) is 12.7. The van der Waals surface area contributed by atoms with Crippen molar-refractivity contribution in [1.29, 1.82) is 0 Å². The molecule has 1 aromatic carbocycles. The van der Waals surface area contributed by atoms with Crippen LogP contribution in [0.1, 0.15) is 10.1 Å². The molecule has 0 fully saturated rings. The van der Waals surface area contributed by atoms with E-state index in [1.54, 1.807) is 17.5 Å². The Kier molecular flexibility index (Phi) is 5.49. The van der Waals surface area contributed by atoms with Crippen molar-refractivity contribution in [1.82, 2.24) is 0 Å². The Morgan fingerprint density at radius 3 is 2.32 bits per heavy atom. The summed E-state index contributed by atoms with van der Waals surface area (Å²) in [5.74, 6) is -0.464. The predicted octanol–water partition coefficient (Wildman–Crippen LogP) is -0.635. The molecule has 1 aromatic heterocycles. The molecule has 1 heterocycles. The molecule has 0 aliphatic heterocycles. The standard InChI is InChI=1S/C12H12FNO2S2.ClH/c13-9-3-5-10(6-4-9)18(15,16)12(8-14)11-2-1-7-17-11;/h1-7,12H,8,14H2;1H/p-1. The average Bonchev–Trinajstić information content (AvgIpc) is 2.84. The minimum Gasteiger partial charge on any atom is -1.00 e. The molecule has 0 amide bonds. The van der Waals surface area contributed by atoms with Gasteiger partial charge in [-0.3, -0.25) is 0 Å². The van der Waals surface area contributed by atoms with E-state index in [-0.39, 0.29) is 23.8 Å². The van der Waals surface area contributed by atoms with E-state index in [2.05, 4.69) is 0 Å². The second-order valence-corrected chi connectivity index (χ2v) is 6.85. The van der Waals surface area contributed by atoms with Gasteiger partial charge in [0.2, 0.25) is 0 Å². The summed E-state index contributed by atoms with van der Waals surface area (Å²) in [5.41, 5.74) is 5.57. The third-order valence-corrected chi connectivity index (χ3v) is 5.85. The molecule has 1 unspecified atom stereocenters. The second kappa shape index (κ2) is 6.47. The van der Waals surface area contributed by atoms with Gasteiger partial charge in [0.25, 0.3) is 0 Å². The summed E-state index contributed by atoms with van der Waals surface area (Å²) in [6.07, 6.45) is 0. The number of benzene rings is 1. The maximum Gasteiger partial charge on any atom is 0.187 e. The quantitative estimate of drug-likeness (QED) is 0.763. The molecule has 0 spiro atoms. The first-order valence-electron chi connectivity index (χ1n) is 5.28. The van der Waals surface area contributed by atoms with Crippen LogP contribution < -0.4 is 18.1 Å². The first-order valence-corrected chi connectivity index (χ1v) is 7.71. The van der Waals surface area contributed by atoms with Crippen molar-refractivity contribution in [3.8, 4) is 0 Å². The van der Waals surface area contributed by atoms with Crippen LogP contribution in [-0.4, -0.2) is 15.0 Å². The van der Waals surface area contributed by atoms with Gasteiger partial charge in [-0.2, -0.15) is 0 Å². The molecular formula is C12H12ClFNO2S2-. The average molecular weight is 321 g/mol. The number of halogens is 2. The number of hydrogen-bond acceptors (Lipinski definition) is 4. The van der Waals surface area contributed by atoms with E-state index in [0.29, 0.717) is 4.88 Å². The van der Waals surface area contributed by atoms with Gasteiger partial charge >= 0.3 is 0 Å². The van der Waals surface area contributed by atoms with E-state index in [0.717, 1.165) is 12.1 Å². The highest BCUT2D eigenvalue weighted by molar-refractivity contribution is 7.91. The molecule has 0 bridgehead atoms. The molecule has 0 saturated heterocycles. The number of thiophene rings is 1. The molecule has 0 saturated carbocycles. The zero-order chi connectivity index (χ0) is 13.2. The smallest absolute Gasteiger partial charge is 0.187 e. The lowest BCUT2D eigenvalue weighted by Gasteiger charge is -2.14. The molecule has 0 aliphatic carbocycles. The SMILES string of the molecule is NCC(c1cccs1)S(=O)(=O)c1ccc(F)cc1.[Cl-]. The van der Waals surface area contributed by atoms with E-state index in [1.165, 1.54) is 23.5 Å². The van der Waals surface area contributed by atoms with Gasteiger partial charge < -0.3 is 18.1 Å². The molecule has 104 valence electrons.